The van der Waals surface area contributed by atoms with Crippen molar-refractivity contribution in [2.24, 2.45) is 5.92 Å². The first-order valence-corrected chi connectivity index (χ1v) is 8.96. The van der Waals surface area contributed by atoms with Crippen molar-refractivity contribution in [3.8, 4) is 5.75 Å². The van der Waals surface area contributed by atoms with Gasteiger partial charge in [0.05, 0.1) is 7.11 Å². The third kappa shape index (κ3) is 2.78. The number of fused-ring (bicyclic) bond motifs is 2. The summed E-state index contributed by atoms with van der Waals surface area (Å²) in [4.78, 5) is 12.9. The summed E-state index contributed by atoms with van der Waals surface area (Å²) in [5.41, 5.74) is 1.77. The summed E-state index contributed by atoms with van der Waals surface area (Å²) in [6.45, 7) is 1.97. The first-order valence-electron chi connectivity index (χ1n) is 7.68. The van der Waals surface area contributed by atoms with Crippen molar-refractivity contribution in [2.45, 2.75) is 49.5 Å². The first-order chi connectivity index (χ1) is 10.1. The van der Waals surface area contributed by atoms with Gasteiger partial charge in [-0.15, -0.1) is 0 Å². The molecule has 2 atom stereocenters. The molecule has 2 fully saturated rings. The number of hydrogen-bond donors (Lipinski definition) is 0. The fourth-order valence-electron chi connectivity index (χ4n) is 3.66. The molecular formula is C17H22O3S. The first kappa shape index (κ1) is 14.8. The molecule has 3 nitrogen and oxygen atoms in total. The lowest BCUT2D eigenvalue weighted by Crippen LogP contribution is -2.41. The third-order valence-electron chi connectivity index (χ3n) is 4.89. The highest BCUT2D eigenvalue weighted by atomic mass is 32.2. The smallest absolute Gasteiger partial charge is 0.166 e. The average molecular weight is 306 g/mol. The normalized spacial score (nSPS) is 31.7. The van der Waals surface area contributed by atoms with Crippen molar-refractivity contribution in [3.05, 3.63) is 29.3 Å². The summed E-state index contributed by atoms with van der Waals surface area (Å²) >= 11 is 0. The van der Waals surface area contributed by atoms with E-state index in [9.17, 15) is 9.00 Å². The molecule has 1 aromatic rings. The van der Waals surface area contributed by atoms with E-state index < -0.39 is 10.8 Å². The van der Waals surface area contributed by atoms with E-state index in [0.29, 0.717) is 0 Å². The van der Waals surface area contributed by atoms with Crippen molar-refractivity contribution in [1.82, 2.24) is 0 Å². The Balaban J connectivity index is 1.84. The highest BCUT2D eigenvalue weighted by Crippen LogP contribution is 2.38. The average Bonchev–Trinajstić information content (AvgIpc) is 2.47. The van der Waals surface area contributed by atoms with Crippen LogP contribution in [0.15, 0.2) is 18.2 Å². The summed E-state index contributed by atoms with van der Waals surface area (Å²) in [7, 11) is 0.900. The minimum Gasteiger partial charge on any atom is -0.497 e. The Morgan fingerprint density at radius 1 is 1.24 bits per heavy atom. The zero-order chi connectivity index (χ0) is 15.0. The number of rotatable bonds is 3. The lowest BCUT2D eigenvalue weighted by molar-refractivity contribution is 0.0894. The summed E-state index contributed by atoms with van der Waals surface area (Å²) < 4.78 is 17.5. The van der Waals surface area contributed by atoms with Gasteiger partial charge in [-0.3, -0.25) is 9.00 Å². The highest BCUT2D eigenvalue weighted by molar-refractivity contribution is 7.86. The molecule has 0 spiro atoms. The quantitative estimate of drug-likeness (QED) is 0.805. The third-order valence-corrected chi connectivity index (χ3v) is 7.06. The van der Waals surface area contributed by atoms with Gasteiger partial charge < -0.3 is 4.74 Å². The van der Waals surface area contributed by atoms with Crippen molar-refractivity contribution < 1.29 is 13.7 Å². The molecule has 2 aliphatic rings. The summed E-state index contributed by atoms with van der Waals surface area (Å²) in [6.07, 6.45) is 4.78. The second kappa shape index (κ2) is 5.91. The number of ketones is 1. The Kier molecular flexibility index (Phi) is 4.16. The van der Waals surface area contributed by atoms with Gasteiger partial charge in [0.15, 0.2) is 5.78 Å². The number of methoxy groups -OCH3 is 1. The minimum absolute atomic E-state index is 0.0313. The fraction of sp³-hybridized carbons (Fsp3) is 0.588. The summed E-state index contributed by atoms with van der Waals surface area (Å²) in [6, 6.07) is 5.67. The maximum atomic E-state index is 12.9. The lowest BCUT2D eigenvalue weighted by Gasteiger charge is -2.37. The van der Waals surface area contributed by atoms with Crippen LogP contribution in [-0.4, -0.2) is 27.6 Å². The van der Waals surface area contributed by atoms with Crippen molar-refractivity contribution in [3.63, 3.8) is 0 Å². The number of ether oxygens (including phenoxy) is 1. The SMILES string of the molecule is COc1ccc(C)c(C(=O)C2CC3CCCC(C2)S3=O)c1. The number of carbonyl (C=O) groups is 1. The van der Waals surface area contributed by atoms with Gasteiger partial charge in [-0.25, -0.2) is 0 Å². The molecule has 0 saturated carbocycles. The van der Waals surface area contributed by atoms with Crippen LogP contribution in [0.5, 0.6) is 5.75 Å². The van der Waals surface area contributed by atoms with Gasteiger partial charge in [-0.05, 0) is 50.3 Å². The van der Waals surface area contributed by atoms with Crippen LogP contribution < -0.4 is 4.74 Å². The van der Waals surface area contributed by atoms with Crippen molar-refractivity contribution in [2.75, 3.05) is 7.11 Å². The van der Waals surface area contributed by atoms with E-state index in [1.54, 1.807) is 7.11 Å². The van der Waals surface area contributed by atoms with Gasteiger partial charge in [-0.2, -0.15) is 0 Å². The molecule has 114 valence electrons. The van der Waals surface area contributed by atoms with Crippen LogP contribution in [0.1, 0.15) is 48.0 Å². The molecule has 0 aliphatic carbocycles. The Hall–Kier alpha value is -1.16. The number of carbonyl (C=O) groups excluding carboxylic acids is 1. The van der Waals surface area contributed by atoms with E-state index in [-0.39, 0.29) is 22.2 Å². The van der Waals surface area contributed by atoms with E-state index in [1.165, 1.54) is 6.42 Å². The van der Waals surface area contributed by atoms with E-state index >= 15 is 0 Å². The van der Waals surface area contributed by atoms with Gasteiger partial charge in [0.2, 0.25) is 0 Å². The molecule has 0 amide bonds. The van der Waals surface area contributed by atoms with Crippen LogP contribution in [0.3, 0.4) is 0 Å². The molecule has 21 heavy (non-hydrogen) atoms. The standard InChI is InChI=1S/C17H22O3S/c1-11-6-7-13(20-2)10-16(11)17(18)12-8-14-4-3-5-15(9-12)21(14)19/h6-7,10,12,14-15H,3-5,8-9H2,1-2H3. The second-order valence-corrected chi connectivity index (χ2v) is 8.21. The van der Waals surface area contributed by atoms with Crippen LogP contribution in [0.4, 0.5) is 0 Å². The van der Waals surface area contributed by atoms with Crippen LogP contribution in [-0.2, 0) is 10.8 Å². The molecular weight excluding hydrogens is 284 g/mol. The lowest BCUT2D eigenvalue weighted by atomic mass is 9.83. The maximum Gasteiger partial charge on any atom is 0.166 e. The topological polar surface area (TPSA) is 43.4 Å². The predicted octanol–water partition coefficient (Wildman–Crippen LogP) is 3.27. The molecule has 2 heterocycles. The Morgan fingerprint density at radius 3 is 2.52 bits per heavy atom. The maximum absolute atomic E-state index is 12.9. The molecule has 2 saturated heterocycles. The minimum atomic E-state index is -0.718. The number of hydrogen-bond acceptors (Lipinski definition) is 3. The van der Waals surface area contributed by atoms with Gasteiger partial charge in [0.25, 0.3) is 0 Å². The van der Waals surface area contributed by atoms with E-state index in [4.69, 9.17) is 4.74 Å². The van der Waals surface area contributed by atoms with E-state index in [2.05, 4.69) is 0 Å². The fourth-order valence-corrected chi connectivity index (χ4v) is 5.85. The van der Waals surface area contributed by atoms with Gasteiger partial charge in [0.1, 0.15) is 5.75 Å². The number of aryl methyl sites for hydroxylation is 1. The predicted molar refractivity (Wildman–Crippen MR) is 84.4 cm³/mol. The molecule has 0 radical (unpaired) electrons. The monoisotopic (exact) mass is 306 g/mol. The Labute approximate surface area is 128 Å². The highest BCUT2D eigenvalue weighted by Gasteiger charge is 2.40. The molecule has 0 N–H and O–H groups in total. The van der Waals surface area contributed by atoms with Crippen LogP contribution >= 0.6 is 0 Å². The van der Waals surface area contributed by atoms with E-state index in [1.807, 2.05) is 25.1 Å². The molecule has 3 rings (SSSR count). The van der Waals surface area contributed by atoms with E-state index in [0.717, 1.165) is 42.6 Å². The number of benzene rings is 1. The molecule has 0 aromatic heterocycles. The molecule has 2 bridgehead atoms. The van der Waals surface area contributed by atoms with Crippen LogP contribution in [0, 0.1) is 12.8 Å². The summed E-state index contributed by atoms with van der Waals surface area (Å²) in [5, 5.41) is 0.467. The largest absolute Gasteiger partial charge is 0.497 e. The van der Waals surface area contributed by atoms with Crippen LogP contribution in [0.25, 0.3) is 0 Å². The molecule has 2 unspecified atom stereocenters. The Bertz CT molecular complexity index is 565. The molecule has 2 aliphatic heterocycles. The van der Waals surface area contributed by atoms with Gasteiger partial charge in [-0.1, -0.05) is 12.5 Å². The molecule has 1 aromatic carbocycles. The van der Waals surface area contributed by atoms with Gasteiger partial charge >= 0.3 is 0 Å². The summed E-state index contributed by atoms with van der Waals surface area (Å²) in [5.74, 6) is 0.965. The van der Waals surface area contributed by atoms with Crippen molar-refractivity contribution in [1.29, 1.82) is 0 Å². The van der Waals surface area contributed by atoms with Crippen molar-refractivity contribution >= 4 is 16.6 Å². The number of Topliss-reactive ketones (excluding diaryl/α,β-unsaturated/α-hetero) is 1. The Morgan fingerprint density at radius 2 is 1.90 bits per heavy atom. The zero-order valence-corrected chi connectivity index (χ0v) is 13.4. The van der Waals surface area contributed by atoms with Crippen LogP contribution in [0.2, 0.25) is 0 Å². The van der Waals surface area contributed by atoms with Gasteiger partial charge in [0, 0.05) is 32.8 Å². The molecule has 4 heteroatoms. The zero-order valence-electron chi connectivity index (χ0n) is 12.6. The second-order valence-electron chi connectivity index (χ2n) is 6.22.